The summed E-state index contributed by atoms with van der Waals surface area (Å²) in [4.78, 5) is 22.8. The summed E-state index contributed by atoms with van der Waals surface area (Å²) in [6, 6.07) is 17.9. The molecule has 4 nitrogen and oxygen atoms in total. The molecule has 4 heteroatoms. The average molecular weight is 376 g/mol. The van der Waals surface area contributed by atoms with E-state index in [1.54, 1.807) is 6.20 Å². The lowest BCUT2D eigenvalue weighted by atomic mass is 9.64. The van der Waals surface area contributed by atoms with E-state index in [0.717, 1.165) is 19.3 Å². The number of pyridine rings is 1. The van der Waals surface area contributed by atoms with E-state index in [4.69, 9.17) is 0 Å². The van der Waals surface area contributed by atoms with Crippen molar-refractivity contribution in [3.63, 3.8) is 0 Å². The van der Waals surface area contributed by atoms with Crippen LogP contribution in [0.3, 0.4) is 0 Å². The monoisotopic (exact) mass is 375 g/mol. The predicted octanol–water partition coefficient (Wildman–Crippen LogP) is 3.78. The van der Waals surface area contributed by atoms with Gasteiger partial charge in [0, 0.05) is 35.8 Å². The van der Waals surface area contributed by atoms with Crippen molar-refractivity contribution in [2.24, 2.45) is 5.41 Å². The summed E-state index contributed by atoms with van der Waals surface area (Å²) in [6.07, 6.45) is 7.40. The molecular weight excluding hydrogens is 346 g/mol. The number of fused-ring (bicyclic) bond motifs is 1. The Kier molecular flexibility index (Phi) is 4.27. The molecule has 2 saturated heterocycles. The molecule has 3 aliphatic rings. The first-order chi connectivity index (χ1) is 13.6. The number of carbonyl (C=O) groups excluding carboxylic acids is 1. The Balaban J connectivity index is 1.54. The van der Waals surface area contributed by atoms with Gasteiger partial charge in [-0.3, -0.25) is 14.7 Å². The van der Waals surface area contributed by atoms with Gasteiger partial charge in [0.15, 0.2) is 0 Å². The Labute approximate surface area is 167 Å². The Morgan fingerprint density at radius 1 is 1.11 bits per heavy atom. The molecule has 1 saturated carbocycles. The second-order valence-corrected chi connectivity index (χ2v) is 9.09. The summed E-state index contributed by atoms with van der Waals surface area (Å²) in [5, 5.41) is 0. The van der Waals surface area contributed by atoms with Crippen molar-refractivity contribution in [2.75, 3.05) is 7.05 Å². The SMILES string of the molecule is CN1[C@@H](Cc2ccccc2)[C@@H]2C[C@@]3(C)[C@H](CCC[C@@H]13)N2C(=O)c1ccccn1. The highest BCUT2D eigenvalue weighted by molar-refractivity contribution is 5.93. The molecule has 0 N–H and O–H groups in total. The second-order valence-electron chi connectivity index (χ2n) is 9.09. The molecule has 0 spiro atoms. The normalized spacial score (nSPS) is 34.4. The Morgan fingerprint density at radius 2 is 1.86 bits per heavy atom. The molecule has 3 fully saturated rings. The lowest BCUT2D eigenvalue weighted by molar-refractivity contribution is -0.00397. The number of amides is 1. The maximum atomic E-state index is 13.6. The summed E-state index contributed by atoms with van der Waals surface area (Å²) >= 11 is 0. The maximum Gasteiger partial charge on any atom is 0.273 e. The lowest BCUT2D eigenvalue weighted by Gasteiger charge is -2.51. The van der Waals surface area contributed by atoms with Gasteiger partial charge >= 0.3 is 0 Å². The van der Waals surface area contributed by atoms with Gasteiger partial charge in [-0.15, -0.1) is 0 Å². The molecule has 1 aliphatic carbocycles. The van der Waals surface area contributed by atoms with Crippen LogP contribution < -0.4 is 0 Å². The van der Waals surface area contributed by atoms with Crippen molar-refractivity contribution >= 4 is 5.91 Å². The minimum absolute atomic E-state index is 0.119. The minimum Gasteiger partial charge on any atom is -0.329 e. The van der Waals surface area contributed by atoms with Crippen LogP contribution in [0.25, 0.3) is 0 Å². The fourth-order valence-electron chi connectivity index (χ4n) is 6.44. The molecule has 1 aromatic heterocycles. The second kappa shape index (κ2) is 6.70. The number of likely N-dealkylation sites (N-methyl/N-ethyl adjacent to an activating group) is 1. The van der Waals surface area contributed by atoms with Crippen LogP contribution in [0.1, 0.15) is 48.7 Å². The number of rotatable bonds is 3. The van der Waals surface area contributed by atoms with Crippen LogP contribution in [0.15, 0.2) is 54.7 Å². The van der Waals surface area contributed by atoms with Crippen molar-refractivity contribution in [1.29, 1.82) is 0 Å². The molecule has 5 rings (SSSR count). The first kappa shape index (κ1) is 17.9. The minimum atomic E-state index is 0.119. The topological polar surface area (TPSA) is 36.4 Å². The summed E-state index contributed by atoms with van der Waals surface area (Å²) < 4.78 is 0. The van der Waals surface area contributed by atoms with Gasteiger partial charge in [0.2, 0.25) is 0 Å². The molecule has 0 radical (unpaired) electrons. The number of piperidine rings is 1. The fraction of sp³-hybridized carbons (Fsp3) is 0.500. The molecule has 1 amide bonds. The highest BCUT2D eigenvalue weighted by atomic mass is 16.2. The average Bonchev–Trinajstić information content (AvgIpc) is 3.04. The molecular formula is C24H29N3O. The van der Waals surface area contributed by atoms with Gasteiger partial charge in [0.25, 0.3) is 5.91 Å². The van der Waals surface area contributed by atoms with Crippen molar-refractivity contribution in [2.45, 2.75) is 63.2 Å². The third kappa shape index (κ3) is 2.61. The molecule has 0 unspecified atom stereocenters. The Morgan fingerprint density at radius 3 is 2.61 bits per heavy atom. The van der Waals surface area contributed by atoms with Gasteiger partial charge in [-0.1, -0.05) is 43.3 Å². The number of hydrogen-bond acceptors (Lipinski definition) is 3. The van der Waals surface area contributed by atoms with Crippen molar-refractivity contribution in [1.82, 2.24) is 14.8 Å². The molecule has 2 aliphatic heterocycles. The Hall–Kier alpha value is -2.20. The van der Waals surface area contributed by atoms with Crippen molar-refractivity contribution in [3.8, 4) is 0 Å². The van der Waals surface area contributed by atoms with Crippen molar-refractivity contribution in [3.05, 3.63) is 66.0 Å². The zero-order valence-electron chi connectivity index (χ0n) is 16.8. The number of likely N-dealkylation sites (tertiary alicyclic amines) is 2. The van der Waals surface area contributed by atoms with E-state index in [2.05, 4.69) is 59.1 Å². The van der Waals surface area contributed by atoms with E-state index in [9.17, 15) is 4.79 Å². The van der Waals surface area contributed by atoms with Crippen LogP contribution >= 0.6 is 0 Å². The van der Waals surface area contributed by atoms with E-state index in [1.807, 2.05) is 18.2 Å². The lowest BCUT2D eigenvalue weighted by Crippen LogP contribution is -2.59. The number of hydrogen-bond donors (Lipinski definition) is 0. The van der Waals surface area contributed by atoms with Crippen LogP contribution in [0.2, 0.25) is 0 Å². The molecule has 28 heavy (non-hydrogen) atoms. The smallest absolute Gasteiger partial charge is 0.273 e. The van der Waals surface area contributed by atoms with Gasteiger partial charge < -0.3 is 4.90 Å². The van der Waals surface area contributed by atoms with Crippen LogP contribution in [-0.2, 0) is 6.42 Å². The van der Waals surface area contributed by atoms with E-state index in [1.165, 1.54) is 18.4 Å². The van der Waals surface area contributed by atoms with E-state index >= 15 is 0 Å². The quantitative estimate of drug-likeness (QED) is 0.819. The maximum absolute atomic E-state index is 13.6. The third-order valence-electron chi connectivity index (χ3n) is 7.68. The fourth-order valence-corrected chi connectivity index (χ4v) is 6.44. The molecule has 2 bridgehead atoms. The largest absolute Gasteiger partial charge is 0.329 e. The predicted molar refractivity (Wildman–Crippen MR) is 110 cm³/mol. The number of benzene rings is 1. The molecule has 2 aromatic rings. The summed E-state index contributed by atoms with van der Waals surface area (Å²) in [7, 11) is 2.29. The van der Waals surface area contributed by atoms with Crippen LogP contribution in [-0.4, -0.2) is 51.9 Å². The van der Waals surface area contributed by atoms with E-state index in [0.29, 0.717) is 23.8 Å². The van der Waals surface area contributed by atoms with Gasteiger partial charge in [-0.2, -0.15) is 0 Å². The zero-order chi connectivity index (χ0) is 19.3. The van der Waals surface area contributed by atoms with E-state index in [-0.39, 0.29) is 17.4 Å². The molecule has 3 heterocycles. The summed E-state index contributed by atoms with van der Waals surface area (Å²) in [5.74, 6) is 0.119. The zero-order valence-corrected chi connectivity index (χ0v) is 16.8. The number of nitrogens with zero attached hydrogens (tertiary/aromatic N) is 3. The Bertz CT molecular complexity index is 855. The molecule has 5 atom stereocenters. The highest BCUT2D eigenvalue weighted by Crippen LogP contribution is 2.56. The summed E-state index contributed by atoms with van der Waals surface area (Å²) in [5.41, 5.74) is 2.13. The highest BCUT2D eigenvalue weighted by Gasteiger charge is 2.63. The first-order valence-corrected chi connectivity index (χ1v) is 10.6. The third-order valence-corrected chi connectivity index (χ3v) is 7.68. The van der Waals surface area contributed by atoms with E-state index < -0.39 is 0 Å². The van der Waals surface area contributed by atoms with Crippen LogP contribution in [0.5, 0.6) is 0 Å². The standard InChI is InChI=1S/C24H29N3O/c1-24-16-20-19(15-17-9-4-3-5-10-17)26(2)21(24)12-8-13-22(24)27(20)23(28)18-11-6-7-14-25-18/h3-7,9-11,14,19-22H,8,12-13,15-16H2,1-2H3/t19-,20-,21+,22-,24+/m0/s1. The molecule has 146 valence electrons. The molecule has 1 aromatic carbocycles. The number of carbonyl (C=O) groups is 1. The van der Waals surface area contributed by atoms with Gasteiger partial charge in [-0.05, 0) is 56.8 Å². The van der Waals surface area contributed by atoms with Crippen molar-refractivity contribution < 1.29 is 4.79 Å². The van der Waals surface area contributed by atoms with Gasteiger partial charge in [0.1, 0.15) is 5.69 Å². The number of aromatic nitrogens is 1. The summed E-state index contributed by atoms with van der Waals surface area (Å²) in [6.45, 7) is 2.43. The van der Waals surface area contributed by atoms with Crippen LogP contribution in [0.4, 0.5) is 0 Å². The van der Waals surface area contributed by atoms with Gasteiger partial charge in [-0.25, -0.2) is 0 Å². The van der Waals surface area contributed by atoms with Gasteiger partial charge in [0.05, 0.1) is 0 Å². The van der Waals surface area contributed by atoms with Crippen LogP contribution in [0, 0.1) is 5.41 Å². The first-order valence-electron chi connectivity index (χ1n) is 10.6.